The van der Waals surface area contributed by atoms with Crippen LogP contribution in [0.15, 0.2) is 47.7 Å². The standard InChI is InChI=1S/C25H20ClF3N4O3/c1-13-12-31-23-18(7-8-20(34)36-24(35)14-5-6-14)32-22(17-4-2-3-9-30-17)21-16(26)10-15(25(27,28)29)11-19(21)33(13)23/h2-4,9-12,14,18H,5-8H2,1H3/t18-/m0/s1. The second kappa shape index (κ2) is 9.16. The van der Waals surface area contributed by atoms with Crippen molar-refractivity contribution in [3.63, 3.8) is 0 Å². The Labute approximate surface area is 209 Å². The Kier molecular flexibility index (Phi) is 6.15. The molecule has 2 aromatic heterocycles. The van der Waals surface area contributed by atoms with E-state index in [9.17, 15) is 22.8 Å². The van der Waals surface area contributed by atoms with Gasteiger partial charge < -0.3 is 4.74 Å². The smallest absolute Gasteiger partial charge is 0.393 e. The highest BCUT2D eigenvalue weighted by Crippen LogP contribution is 2.40. The van der Waals surface area contributed by atoms with Crippen molar-refractivity contribution in [1.29, 1.82) is 0 Å². The van der Waals surface area contributed by atoms with E-state index in [1.165, 1.54) is 6.20 Å². The highest BCUT2D eigenvalue weighted by molar-refractivity contribution is 6.36. The van der Waals surface area contributed by atoms with Crippen molar-refractivity contribution in [2.45, 2.75) is 44.8 Å². The lowest BCUT2D eigenvalue weighted by Gasteiger charge is -2.18. The molecule has 1 aliphatic heterocycles. The van der Waals surface area contributed by atoms with Crippen LogP contribution >= 0.6 is 11.6 Å². The number of nitrogens with zero attached hydrogens (tertiary/aromatic N) is 4. The molecule has 1 aliphatic carbocycles. The van der Waals surface area contributed by atoms with Gasteiger partial charge in [-0.2, -0.15) is 13.2 Å². The molecule has 0 unspecified atom stereocenters. The second-order valence-corrected chi connectivity index (χ2v) is 9.16. The fourth-order valence-corrected chi connectivity index (χ4v) is 4.46. The molecule has 186 valence electrons. The molecule has 7 nitrogen and oxygen atoms in total. The summed E-state index contributed by atoms with van der Waals surface area (Å²) < 4.78 is 47.6. The monoisotopic (exact) mass is 516 g/mol. The average molecular weight is 517 g/mol. The maximum atomic E-state index is 13.7. The van der Waals surface area contributed by atoms with Crippen molar-refractivity contribution >= 4 is 29.3 Å². The molecule has 1 fully saturated rings. The molecular weight excluding hydrogens is 497 g/mol. The first-order valence-corrected chi connectivity index (χ1v) is 11.7. The largest absolute Gasteiger partial charge is 0.416 e. The minimum absolute atomic E-state index is 0.112. The fraction of sp³-hybridized carbons (Fsp3) is 0.320. The number of carbonyl (C=O) groups excluding carboxylic acids is 2. The lowest BCUT2D eigenvalue weighted by atomic mass is 10.0. The lowest BCUT2D eigenvalue weighted by molar-refractivity contribution is -0.160. The number of hydrogen-bond donors (Lipinski definition) is 0. The number of ether oxygens (including phenoxy) is 1. The number of alkyl halides is 3. The van der Waals surface area contributed by atoms with Crippen LogP contribution in [0.5, 0.6) is 0 Å². The summed E-state index contributed by atoms with van der Waals surface area (Å²) in [5.41, 5.74) is 0.779. The Morgan fingerprint density at radius 2 is 1.97 bits per heavy atom. The molecule has 1 aromatic carbocycles. The average Bonchev–Trinajstić information content (AvgIpc) is 3.63. The number of benzene rings is 1. The van der Waals surface area contributed by atoms with Crippen LogP contribution in [0.3, 0.4) is 0 Å². The summed E-state index contributed by atoms with van der Waals surface area (Å²) in [5, 5.41) is -0.140. The molecule has 3 aromatic rings. The van der Waals surface area contributed by atoms with Crippen LogP contribution in [0.1, 0.15) is 60.1 Å². The maximum absolute atomic E-state index is 13.7. The normalized spacial score (nSPS) is 17.0. The van der Waals surface area contributed by atoms with E-state index in [1.807, 2.05) is 0 Å². The van der Waals surface area contributed by atoms with Gasteiger partial charge in [0.05, 0.1) is 33.6 Å². The first-order valence-electron chi connectivity index (χ1n) is 11.3. The van der Waals surface area contributed by atoms with E-state index in [4.69, 9.17) is 21.3 Å². The SMILES string of the molecule is Cc1cnc2n1-c1cc(C(F)(F)F)cc(Cl)c1C(c1ccccn1)=N[C@H]2CCC(=O)OC(=O)C1CC1. The number of rotatable bonds is 5. The van der Waals surface area contributed by atoms with Gasteiger partial charge in [0.1, 0.15) is 11.9 Å². The summed E-state index contributed by atoms with van der Waals surface area (Å²) in [6.45, 7) is 1.71. The van der Waals surface area contributed by atoms with Gasteiger partial charge in [0.15, 0.2) is 0 Å². The Morgan fingerprint density at radius 1 is 1.19 bits per heavy atom. The van der Waals surface area contributed by atoms with Crippen LogP contribution in [0, 0.1) is 12.8 Å². The minimum atomic E-state index is -4.63. The molecule has 2 aliphatic rings. The molecule has 11 heteroatoms. The minimum Gasteiger partial charge on any atom is -0.393 e. The summed E-state index contributed by atoms with van der Waals surface area (Å²) in [6, 6.07) is 6.26. The highest BCUT2D eigenvalue weighted by atomic mass is 35.5. The molecular formula is C25H20ClF3N4O3. The zero-order valence-electron chi connectivity index (χ0n) is 19.1. The number of aliphatic imine (C=N–C) groups is 1. The highest BCUT2D eigenvalue weighted by Gasteiger charge is 2.36. The molecule has 0 spiro atoms. The van der Waals surface area contributed by atoms with E-state index in [1.54, 1.807) is 35.9 Å². The molecule has 3 heterocycles. The summed E-state index contributed by atoms with van der Waals surface area (Å²) in [6.07, 6.45) is -0.160. The van der Waals surface area contributed by atoms with Crippen molar-refractivity contribution in [1.82, 2.24) is 14.5 Å². The zero-order valence-corrected chi connectivity index (χ0v) is 19.8. The Balaban J connectivity index is 1.61. The molecule has 0 saturated heterocycles. The molecule has 0 radical (unpaired) electrons. The molecule has 0 N–H and O–H groups in total. The topological polar surface area (TPSA) is 86.4 Å². The van der Waals surface area contributed by atoms with Gasteiger partial charge in [-0.05, 0) is 50.5 Å². The fourth-order valence-electron chi connectivity index (χ4n) is 4.16. The van der Waals surface area contributed by atoms with E-state index >= 15 is 0 Å². The van der Waals surface area contributed by atoms with E-state index in [2.05, 4.69) is 9.97 Å². The number of hydrogen-bond acceptors (Lipinski definition) is 6. The van der Waals surface area contributed by atoms with Crippen molar-refractivity contribution in [3.8, 4) is 5.69 Å². The number of esters is 2. The van der Waals surface area contributed by atoms with Gasteiger partial charge in [0.2, 0.25) is 0 Å². The maximum Gasteiger partial charge on any atom is 0.416 e. The summed E-state index contributed by atoms with van der Waals surface area (Å²) >= 11 is 6.47. The molecule has 5 rings (SSSR count). The third-order valence-electron chi connectivity index (χ3n) is 6.08. The predicted octanol–water partition coefficient (Wildman–Crippen LogP) is 5.40. The zero-order chi connectivity index (χ0) is 25.6. The Bertz CT molecular complexity index is 1380. The molecule has 1 atom stereocenters. The number of imidazole rings is 1. The van der Waals surface area contributed by atoms with E-state index in [-0.39, 0.29) is 40.7 Å². The Hall–Kier alpha value is -3.53. The van der Waals surface area contributed by atoms with Crippen molar-refractivity contribution < 1.29 is 27.5 Å². The summed E-state index contributed by atoms with van der Waals surface area (Å²) in [7, 11) is 0. The quantitative estimate of drug-likeness (QED) is 0.335. The first-order chi connectivity index (χ1) is 17.1. The predicted molar refractivity (Wildman–Crippen MR) is 124 cm³/mol. The third-order valence-corrected chi connectivity index (χ3v) is 6.38. The molecule has 1 saturated carbocycles. The van der Waals surface area contributed by atoms with Crippen LogP contribution in [-0.2, 0) is 20.5 Å². The number of aromatic nitrogens is 3. The van der Waals surface area contributed by atoms with Crippen LogP contribution in [-0.4, -0.2) is 32.2 Å². The third kappa shape index (κ3) is 4.65. The summed E-state index contributed by atoms with van der Waals surface area (Å²) in [4.78, 5) is 37.8. The van der Waals surface area contributed by atoms with Gasteiger partial charge in [-0.15, -0.1) is 0 Å². The van der Waals surface area contributed by atoms with Gasteiger partial charge in [-0.25, -0.2) is 4.98 Å². The lowest BCUT2D eigenvalue weighted by Crippen LogP contribution is -2.15. The summed E-state index contributed by atoms with van der Waals surface area (Å²) in [5.74, 6) is -1.09. The van der Waals surface area contributed by atoms with Gasteiger partial charge in [0.25, 0.3) is 0 Å². The molecule has 0 amide bonds. The van der Waals surface area contributed by atoms with E-state index < -0.39 is 29.7 Å². The van der Waals surface area contributed by atoms with Crippen LogP contribution in [0.25, 0.3) is 5.69 Å². The van der Waals surface area contributed by atoms with Gasteiger partial charge in [-0.1, -0.05) is 17.7 Å². The number of halogens is 4. The van der Waals surface area contributed by atoms with Crippen molar-refractivity contribution in [2.75, 3.05) is 0 Å². The first kappa shape index (κ1) is 24.2. The van der Waals surface area contributed by atoms with Crippen LogP contribution < -0.4 is 0 Å². The molecule has 0 bridgehead atoms. The van der Waals surface area contributed by atoms with E-state index in [0.29, 0.717) is 30.1 Å². The van der Waals surface area contributed by atoms with Crippen molar-refractivity contribution in [2.24, 2.45) is 10.9 Å². The van der Waals surface area contributed by atoms with E-state index in [0.717, 1.165) is 12.1 Å². The van der Waals surface area contributed by atoms with Gasteiger partial charge >= 0.3 is 18.1 Å². The number of carbonyl (C=O) groups is 2. The number of aryl methyl sites for hydroxylation is 1. The van der Waals surface area contributed by atoms with Crippen molar-refractivity contribution in [3.05, 3.63) is 76.1 Å². The van der Waals surface area contributed by atoms with Gasteiger partial charge in [-0.3, -0.25) is 24.1 Å². The number of fused-ring (bicyclic) bond motifs is 3. The van der Waals surface area contributed by atoms with Crippen LogP contribution in [0.2, 0.25) is 5.02 Å². The Morgan fingerprint density at radius 3 is 2.64 bits per heavy atom. The van der Waals surface area contributed by atoms with Crippen LogP contribution in [0.4, 0.5) is 13.2 Å². The second-order valence-electron chi connectivity index (χ2n) is 8.76. The molecule has 36 heavy (non-hydrogen) atoms. The number of pyridine rings is 1. The van der Waals surface area contributed by atoms with Gasteiger partial charge in [0, 0.05) is 30.1 Å².